The zero-order valence-corrected chi connectivity index (χ0v) is 12.3. The maximum atomic E-state index is 5.88. The monoisotopic (exact) mass is 270 g/mol. The van der Waals surface area contributed by atoms with Gasteiger partial charge in [0.25, 0.3) is 0 Å². The molecule has 0 saturated carbocycles. The van der Waals surface area contributed by atoms with Crippen molar-refractivity contribution in [1.82, 2.24) is 9.97 Å². The number of nitrogen functional groups attached to an aromatic ring is 1. The van der Waals surface area contributed by atoms with Crippen LogP contribution in [0.5, 0.6) is 0 Å². The van der Waals surface area contributed by atoms with Crippen LogP contribution in [0.2, 0.25) is 0 Å². The number of rotatable bonds is 3. The molecule has 3 rings (SSSR count). The minimum absolute atomic E-state index is 0.365. The summed E-state index contributed by atoms with van der Waals surface area (Å²) >= 11 is 0. The molecule has 1 aliphatic heterocycles. The molecule has 106 valence electrons. The van der Waals surface area contributed by atoms with Crippen LogP contribution >= 0.6 is 0 Å². The third kappa shape index (κ3) is 2.09. The van der Waals surface area contributed by atoms with Crippen molar-refractivity contribution in [3.8, 4) is 0 Å². The molecule has 1 saturated heterocycles. The maximum absolute atomic E-state index is 5.88. The standard InChI is InChI=1S/C16H22N4/c1-3-16(4-2)9-10-20(11-16)14-12-7-5-6-8-13(12)18-15(17)19-14/h5-8H,3-4,9-11H2,1-2H3,(H2,17,18,19). The summed E-state index contributed by atoms with van der Waals surface area (Å²) in [7, 11) is 0. The zero-order valence-electron chi connectivity index (χ0n) is 12.3. The highest BCUT2D eigenvalue weighted by molar-refractivity contribution is 5.90. The minimum Gasteiger partial charge on any atom is -0.368 e. The summed E-state index contributed by atoms with van der Waals surface area (Å²) < 4.78 is 0. The highest BCUT2D eigenvalue weighted by Crippen LogP contribution is 2.40. The van der Waals surface area contributed by atoms with E-state index in [2.05, 4.69) is 34.8 Å². The quantitative estimate of drug-likeness (QED) is 0.930. The van der Waals surface area contributed by atoms with Gasteiger partial charge in [-0.3, -0.25) is 0 Å². The fourth-order valence-corrected chi connectivity index (χ4v) is 3.26. The largest absolute Gasteiger partial charge is 0.368 e. The summed E-state index contributed by atoms with van der Waals surface area (Å²) in [5, 5.41) is 1.10. The van der Waals surface area contributed by atoms with Crippen LogP contribution in [-0.2, 0) is 0 Å². The Hall–Kier alpha value is -1.84. The summed E-state index contributed by atoms with van der Waals surface area (Å²) in [6, 6.07) is 8.11. The summed E-state index contributed by atoms with van der Waals surface area (Å²) in [5.41, 5.74) is 7.24. The van der Waals surface area contributed by atoms with Gasteiger partial charge < -0.3 is 10.6 Å². The van der Waals surface area contributed by atoms with Gasteiger partial charge in [-0.2, -0.15) is 4.98 Å². The Bertz CT molecular complexity index is 619. The Morgan fingerprint density at radius 3 is 2.65 bits per heavy atom. The van der Waals surface area contributed by atoms with Gasteiger partial charge in [-0.25, -0.2) is 4.98 Å². The van der Waals surface area contributed by atoms with Crippen molar-refractivity contribution in [1.29, 1.82) is 0 Å². The zero-order chi connectivity index (χ0) is 14.2. The van der Waals surface area contributed by atoms with Crippen molar-refractivity contribution >= 4 is 22.7 Å². The first kappa shape index (κ1) is 13.2. The Labute approximate surface area is 120 Å². The second kappa shape index (κ2) is 4.93. The Kier molecular flexibility index (Phi) is 3.24. The summed E-state index contributed by atoms with van der Waals surface area (Å²) in [6.07, 6.45) is 3.68. The van der Waals surface area contributed by atoms with Crippen LogP contribution in [0.3, 0.4) is 0 Å². The number of hydrogen-bond donors (Lipinski definition) is 1. The van der Waals surface area contributed by atoms with Gasteiger partial charge in [0.05, 0.1) is 5.52 Å². The molecule has 0 atom stereocenters. The van der Waals surface area contributed by atoms with Crippen LogP contribution < -0.4 is 10.6 Å². The molecule has 0 unspecified atom stereocenters. The van der Waals surface area contributed by atoms with Gasteiger partial charge in [-0.15, -0.1) is 0 Å². The van der Waals surface area contributed by atoms with Gasteiger partial charge in [0.2, 0.25) is 5.95 Å². The Morgan fingerprint density at radius 1 is 1.20 bits per heavy atom. The second-order valence-corrected chi connectivity index (χ2v) is 5.80. The molecule has 2 N–H and O–H groups in total. The van der Waals surface area contributed by atoms with Crippen molar-refractivity contribution in [3.05, 3.63) is 24.3 Å². The fraction of sp³-hybridized carbons (Fsp3) is 0.500. The van der Waals surface area contributed by atoms with Crippen molar-refractivity contribution in [2.75, 3.05) is 23.7 Å². The molecule has 0 radical (unpaired) electrons. The number of para-hydroxylation sites is 1. The number of fused-ring (bicyclic) bond motifs is 1. The lowest BCUT2D eigenvalue weighted by Gasteiger charge is -2.27. The van der Waals surface area contributed by atoms with E-state index in [1.165, 1.54) is 19.3 Å². The highest BCUT2D eigenvalue weighted by Gasteiger charge is 2.36. The average molecular weight is 270 g/mol. The molecule has 2 aromatic rings. The van der Waals surface area contributed by atoms with Crippen molar-refractivity contribution in [3.63, 3.8) is 0 Å². The van der Waals surface area contributed by atoms with Gasteiger partial charge in [0.15, 0.2) is 0 Å². The van der Waals surface area contributed by atoms with E-state index >= 15 is 0 Å². The second-order valence-electron chi connectivity index (χ2n) is 5.80. The Balaban J connectivity index is 2.03. The van der Waals surface area contributed by atoms with Crippen molar-refractivity contribution in [2.24, 2.45) is 5.41 Å². The van der Waals surface area contributed by atoms with E-state index in [0.29, 0.717) is 11.4 Å². The molecule has 0 spiro atoms. The normalized spacial score (nSPS) is 17.8. The number of hydrogen-bond acceptors (Lipinski definition) is 4. The first-order valence-corrected chi connectivity index (χ1v) is 7.44. The average Bonchev–Trinajstić information content (AvgIpc) is 2.91. The molecule has 0 bridgehead atoms. The van der Waals surface area contributed by atoms with Gasteiger partial charge in [0, 0.05) is 18.5 Å². The number of aromatic nitrogens is 2. The summed E-state index contributed by atoms with van der Waals surface area (Å²) in [6.45, 7) is 6.71. The van der Waals surface area contributed by atoms with Crippen LogP contribution in [0.1, 0.15) is 33.1 Å². The molecule has 2 heterocycles. The van der Waals surface area contributed by atoms with E-state index in [0.717, 1.165) is 29.8 Å². The van der Waals surface area contributed by atoms with E-state index in [1.54, 1.807) is 0 Å². The number of anilines is 2. The SMILES string of the molecule is CCC1(CC)CCN(c2nc(N)nc3ccccc23)C1. The predicted molar refractivity (Wildman–Crippen MR) is 83.8 cm³/mol. The Morgan fingerprint density at radius 2 is 1.95 bits per heavy atom. The third-order valence-corrected chi connectivity index (χ3v) is 4.84. The van der Waals surface area contributed by atoms with Crippen LogP contribution in [0, 0.1) is 5.41 Å². The number of nitrogens with two attached hydrogens (primary N) is 1. The first-order chi connectivity index (χ1) is 9.67. The van der Waals surface area contributed by atoms with Gasteiger partial charge in [-0.1, -0.05) is 26.0 Å². The molecular weight excluding hydrogens is 248 g/mol. The van der Waals surface area contributed by atoms with Crippen LogP contribution in [0.25, 0.3) is 10.9 Å². The van der Waals surface area contributed by atoms with Gasteiger partial charge in [0.1, 0.15) is 5.82 Å². The molecule has 4 heteroatoms. The molecule has 1 aromatic heterocycles. The van der Waals surface area contributed by atoms with Gasteiger partial charge >= 0.3 is 0 Å². The van der Waals surface area contributed by atoms with E-state index in [9.17, 15) is 0 Å². The van der Waals surface area contributed by atoms with Crippen molar-refractivity contribution < 1.29 is 0 Å². The van der Waals surface area contributed by atoms with E-state index < -0.39 is 0 Å². The molecule has 1 aromatic carbocycles. The number of nitrogens with zero attached hydrogens (tertiary/aromatic N) is 3. The lowest BCUT2D eigenvalue weighted by Crippen LogP contribution is -2.27. The molecule has 0 aliphatic carbocycles. The maximum Gasteiger partial charge on any atom is 0.222 e. The lowest BCUT2D eigenvalue weighted by molar-refractivity contribution is 0.301. The smallest absolute Gasteiger partial charge is 0.222 e. The lowest BCUT2D eigenvalue weighted by atomic mass is 9.82. The highest BCUT2D eigenvalue weighted by atomic mass is 15.2. The third-order valence-electron chi connectivity index (χ3n) is 4.84. The van der Waals surface area contributed by atoms with E-state index in [1.807, 2.05) is 18.2 Å². The van der Waals surface area contributed by atoms with Crippen LogP contribution in [0.4, 0.5) is 11.8 Å². The molecule has 0 amide bonds. The van der Waals surface area contributed by atoms with Crippen LogP contribution in [0.15, 0.2) is 24.3 Å². The molecule has 1 aliphatic rings. The van der Waals surface area contributed by atoms with Crippen molar-refractivity contribution in [2.45, 2.75) is 33.1 Å². The van der Waals surface area contributed by atoms with E-state index in [4.69, 9.17) is 5.73 Å². The summed E-state index contributed by atoms with van der Waals surface area (Å²) in [4.78, 5) is 11.2. The molecule has 20 heavy (non-hydrogen) atoms. The first-order valence-electron chi connectivity index (χ1n) is 7.44. The van der Waals surface area contributed by atoms with Gasteiger partial charge in [-0.05, 0) is 36.8 Å². The van der Waals surface area contributed by atoms with E-state index in [-0.39, 0.29) is 0 Å². The summed E-state index contributed by atoms with van der Waals surface area (Å²) in [5.74, 6) is 1.36. The number of benzene rings is 1. The molecular formula is C16H22N4. The minimum atomic E-state index is 0.365. The molecule has 1 fully saturated rings. The van der Waals surface area contributed by atoms with Crippen LogP contribution in [-0.4, -0.2) is 23.1 Å². The predicted octanol–water partition coefficient (Wildman–Crippen LogP) is 3.23. The fourth-order valence-electron chi connectivity index (χ4n) is 3.26. The molecule has 4 nitrogen and oxygen atoms in total. The topological polar surface area (TPSA) is 55.0 Å².